The summed E-state index contributed by atoms with van der Waals surface area (Å²) in [5.41, 5.74) is 2.04. The number of aromatic nitrogens is 3. The van der Waals surface area contributed by atoms with Crippen LogP contribution in [0.2, 0.25) is 0 Å². The van der Waals surface area contributed by atoms with Crippen molar-refractivity contribution in [2.45, 2.75) is 26.0 Å². The van der Waals surface area contributed by atoms with E-state index in [2.05, 4.69) is 15.3 Å². The third kappa shape index (κ3) is 4.35. The van der Waals surface area contributed by atoms with E-state index in [0.29, 0.717) is 34.6 Å². The van der Waals surface area contributed by atoms with Crippen LogP contribution in [0.3, 0.4) is 0 Å². The van der Waals surface area contributed by atoms with E-state index in [9.17, 15) is 19.8 Å². The minimum Gasteiger partial charge on any atom is -0.507 e. The number of hydrogen-bond donors (Lipinski definition) is 3. The zero-order valence-electron chi connectivity index (χ0n) is 17.6. The lowest BCUT2D eigenvalue weighted by molar-refractivity contribution is 0.0630. The summed E-state index contributed by atoms with van der Waals surface area (Å²) in [4.78, 5) is 32.9. The van der Waals surface area contributed by atoms with Crippen LogP contribution in [0, 0.1) is 0 Å². The Labute approximate surface area is 184 Å². The maximum atomic E-state index is 13.0. The Morgan fingerprint density at radius 2 is 1.94 bits per heavy atom. The number of hydrogen-bond acceptors (Lipinski definition) is 6. The summed E-state index contributed by atoms with van der Waals surface area (Å²) < 4.78 is 1.77. The summed E-state index contributed by atoms with van der Waals surface area (Å²) >= 11 is 0. The SMILES string of the molecule is CC(C)(O)Cn1c(NC(=O)c2ccnc(-c3ccc(O)c(C=O)c3)c2)nc2ccccc21. The summed E-state index contributed by atoms with van der Waals surface area (Å²) in [5.74, 6) is -0.191. The van der Waals surface area contributed by atoms with Crippen LogP contribution >= 0.6 is 0 Å². The van der Waals surface area contributed by atoms with Crippen molar-refractivity contribution in [3.05, 3.63) is 71.9 Å². The van der Waals surface area contributed by atoms with Crippen LogP contribution in [0.25, 0.3) is 22.3 Å². The molecular formula is C24H22N4O4. The number of amides is 1. The number of nitrogens with one attached hydrogen (secondary N) is 1. The standard InChI is InChI=1S/C24H22N4O4/c1-24(2,32)14-28-20-6-4-3-5-18(20)26-23(28)27-22(31)16-9-10-25-19(12-16)15-7-8-21(30)17(11-15)13-29/h3-13,30,32H,14H2,1-2H3,(H,26,27,31). The zero-order valence-corrected chi connectivity index (χ0v) is 17.6. The number of phenolic OH excluding ortho intramolecular Hbond substituents is 1. The first-order valence-corrected chi connectivity index (χ1v) is 9.99. The summed E-state index contributed by atoms with van der Waals surface area (Å²) in [7, 11) is 0. The minimum absolute atomic E-state index is 0.122. The first-order valence-electron chi connectivity index (χ1n) is 9.99. The van der Waals surface area contributed by atoms with Crippen LogP contribution in [-0.4, -0.2) is 42.5 Å². The molecule has 0 saturated carbocycles. The van der Waals surface area contributed by atoms with Gasteiger partial charge in [-0.3, -0.25) is 19.9 Å². The third-order valence-electron chi connectivity index (χ3n) is 4.90. The van der Waals surface area contributed by atoms with Crippen molar-refractivity contribution in [3.8, 4) is 17.0 Å². The maximum Gasteiger partial charge on any atom is 0.258 e. The lowest BCUT2D eigenvalue weighted by atomic mass is 10.1. The molecule has 0 bridgehead atoms. The molecular weight excluding hydrogens is 408 g/mol. The number of benzene rings is 2. The van der Waals surface area contributed by atoms with Gasteiger partial charge in [0.15, 0.2) is 6.29 Å². The Kier molecular flexibility index (Phi) is 5.46. The van der Waals surface area contributed by atoms with E-state index in [1.54, 1.807) is 36.6 Å². The smallest absolute Gasteiger partial charge is 0.258 e. The molecule has 4 rings (SSSR count). The number of imidazole rings is 1. The number of aliphatic hydroxyl groups is 1. The highest BCUT2D eigenvalue weighted by Crippen LogP contribution is 2.25. The fraction of sp³-hybridized carbons (Fsp3) is 0.167. The van der Waals surface area contributed by atoms with Crippen molar-refractivity contribution in [1.29, 1.82) is 0 Å². The van der Waals surface area contributed by atoms with Crippen LogP contribution < -0.4 is 5.32 Å². The van der Waals surface area contributed by atoms with E-state index >= 15 is 0 Å². The number of rotatable bonds is 6. The monoisotopic (exact) mass is 430 g/mol. The molecule has 0 spiro atoms. The topological polar surface area (TPSA) is 117 Å². The van der Waals surface area contributed by atoms with Gasteiger partial charge in [-0.1, -0.05) is 12.1 Å². The van der Waals surface area contributed by atoms with Gasteiger partial charge in [0.1, 0.15) is 5.75 Å². The highest BCUT2D eigenvalue weighted by Gasteiger charge is 2.21. The van der Waals surface area contributed by atoms with E-state index in [0.717, 1.165) is 5.52 Å². The maximum absolute atomic E-state index is 13.0. The molecule has 0 aliphatic carbocycles. The largest absolute Gasteiger partial charge is 0.507 e. The van der Waals surface area contributed by atoms with Crippen molar-refractivity contribution < 1.29 is 19.8 Å². The number of nitrogens with zero attached hydrogens (tertiary/aromatic N) is 3. The summed E-state index contributed by atoms with van der Waals surface area (Å²) in [6.45, 7) is 3.62. The van der Waals surface area contributed by atoms with E-state index in [1.807, 2.05) is 24.3 Å². The van der Waals surface area contributed by atoms with Crippen LogP contribution in [-0.2, 0) is 6.54 Å². The predicted molar refractivity (Wildman–Crippen MR) is 121 cm³/mol. The summed E-state index contributed by atoms with van der Waals surface area (Å²) in [5, 5.41) is 22.9. The van der Waals surface area contributed by atoms with E-state index in [1.165, 1.54) is 18.3 Å². The number of carbonyl (C=O) groups excluding carboxylic acids is 2. The van der Waals surface area contributed by atoms with Crippen molar-refractivity contribution in [3.63, 3.8) is 0 Å². The molecule has 0 fully saturated rings. The average Bonchev–Trinajstić information content (AvgIpc) is 3.09. The fourth-order valence-electron chi connectivity index (χ4n) is 3.43. The summed E-state index contributed by atoms with van der Waals surface area (Å²) in [6, 6.07) is 15.2. The van der Waals surface area contributed by atoms with Crippen molar-refractivity contribution in [1.82, 2.24) is 14.5 Å². The molecule has 0 aliphatic heterocycles. The van der Waals surface area contributed by atoms with Crippen molar-refractivity contribution >= 4 is 29.2 Å². The van der Waals surface area contributed by atoms with Crippen LogP contribution in [0.1, 0.15) is 34.6 Å². The minimum atomic E-state index is -1.01. The van der Waals surface area contributed by atoms with Gasteiger partial charge in [0.25, 0.3) is 5.91 Å². The molecule has 2 aromatic heterocycles. The van der Waals surface area contributed by atoms with Gasteiger partial charge in [0.2, 0.25) is 5.95 Å². The van der Waals surface area contributed by atoms with E-state index in [4.69, 9.17) is 0 Å². The zero-order chi connectivity index (χ0) is 22.9. The highest BCUT2D eigenvalue weighted by molar-refractivity contribution is 6.04. The molecule has 3 N–H and O–H groups in total. The molecule has 0 saturated heterocycles. The fourth-order valence-corrected chi connectivity index (χ4v) is 3.43. The lowest BCUT2D eigenvalue weighted by Gasteiger charge is -2.20. The lowest BCUT2D eigenvalue weighted by Crippen LogP contribution is -2.27. The first kappa shape index (κ1) is 21.2. The molecule has 0 unspecified atom stereocenters. The van der Waals surface area contributed by atoms with Gasteiger partial charge in [-0.05, 0) is 56.3 Å². The molecule has 1 amide bonds. The van der Waals surface area contributed by atoms with Gasteiger partial charge in [-0.25, -0.2) is 4.98 Å². The molecule has 2 heterocycles. The van der Waals surface area contributed by atoms with Crippen molar-refractivity contribution in [2.24, 2.45) is 0 Å². The Morgan fingerprint density at radius 3 is 2.69 bits per heavy atom. The Hall–Kier alpha value is -4.04. The van der Waals surface area contributed by atoms with E-state index < -0.39 is 11.5 Å². The number of anilines is 1. The quantitative estimate of drug-likeness (QED) is 0.402. The first-order chi connectivity index (χ1) is 15.2. The number of carbonyl (C=O) groups is 2. The van der Waals surface area contributed by atoms with Gasteiger partial charge in [0.05, 0.1) is 34.4 Å². The molecule has 4 aromatic rings. The highest BCUT2D eigenvalue weighted by atomic mass is 16.3. The van der Waals surface area contributed by atoms with Gasteiger partial charge in [0, 0.05) is 17.3 Å². The van der Waals surface area contributed by atoms with Gasteiger partial charge < -0.3 is 14.8 Å². The number of phenols is 1. The molecule has 32 heavy (non-hydrogen) atoms. The van der Waals surface area contributed by atoms with Crippen molar-refractivity contribution in [2.75, 3.05) is 5.32 Å². The molecule has 8 nitrogen and oxygen atoms in total. The Balaban J connectivity index is 1.67. The Bertz CT molecular complexity index is 1320. The second-order valence-electron chi connectivity index (χ2n) is 8.10. The predicted octanol–water partition coefficient (Wildman–Crippen LogP) is 3.64. The molecule has 0 atom stereocenters. The Morgan fingerprint density at radius 1 is 1.16 bits per heavy atom. The summed E-state index contributed by atoms with van der Waals surface area (Å²) in [6.07, 6.45) is 2.06. The van der Waals surface area contributed by atoms with Gasteiger partial charge in [-0.2, -0.15) is 0 Å². The number of aldehydes is 1. The molecule has 2 aromatic carbocycles. The van der Waals surface area contributed by atoms with Gasteiger partial charge in [-0.15, -0.1) is 0 Å². The second-order valence-corrected chi connectivity index (χ2v) is 8.10. The van der Waals surface area contributed by atoms with Crippen LogP contribution in [0.15, 0.2) is 60.8 Å². The van der Waals surface area contributed by atoms with Crippen LogP contribution in [0.4, 0.5) is 5.95 Å². The molecule has 0 aliphatic rings. The number of aromatic hydroxyl groups is 1. The van der Waals surface area contributed by atoms with Crippen LogP contribution in [0.5, 0.6) is 5.75 Å². The number of para-hydroxylation sites is 2. The number of pyridine rings is 1. The third-order valence-corrected chi connectivity index (χ3v) is 4.90. The number of fused-ring (bicyclic) bond motifs is 1. The van der Waals surface area contributed by atoms with Gasteiger partial charge >= 0.3 is 0 Å². The van der Waals surface area contributed by atoms with E-state index in [-0.39, 0.29) is 17.9 Å². The molecule has 0 radical (unpaired) electrons. The molecule has 162 valence electrons. The normalized spacial score (nSPS) is 11.5. The molecule has 8 heteroatoms. The average molecular weight is 430 g/mol. The second kappa shape index (κ2) is 8.24.